The first-order chi connectivity index (χ1) is 10.2. The number of methoxy groups -OCH3 is 1. The van der Waals surface area contributed by atoms with Gasteiger partial charge in [0, 0.05) is 23.3 Å². The molecule has 0 unspecified atom stereocenters. The highest BCUT2D eigenvalue weighted by Gasteiger charge is 2.09. The Morgan fingerprint density at radius 1 is 1.14 bits per heavy atom. The van der Waals surface area contributed by atoms with E-state index in [1.54, 1.807) is 7.11 Å². The van der Waals surface area contributed by atoms with E-state index in [0.29, 0.717) is 0 Å². The predicted octanol–water partition coefficient (Wildman–Crippen LogP) is 3.89. The summed E-state index contributed by atoms with van der Waals surface area (Å²) in [5, 5.41) is 3.44. The molecule has 1 heterocycles. The molecule has 4 heteroatoms. The maximum Gasteiger partial charge on any atom is 0.142 e. The fourth-order valence-corrected chi connectivity index (χ4v) is 3.30. The van der Waals surface area contributed by atoms with Crippen LogP contribution in [-0.2, 0) is 13.1 Å². The van der Waals surface area contributed by atoms with Crippen molar-refractivity contribution in [3.05, 3.63) is 46.2 Å². The lowest BCUT2D eigenvalue weighted by Gasteiger charge is -2.20. The number of hydrogen-bond acceptors (Lipinski definition) is 4. The van der Waals surface area contributed by atoms with Gasteiger partial charge in [-0.25, -0.2) is 0 Å². The molecule has 0 aliphatic carbocycles. The number of anilines is 1. The van der Waals surface area contributed by atoms with Crippen LogP contribution in [0.25, 0.3) is 0 Å². The van der Waals surface area contributed by atoms with Gasteiger partial charge in [0.25, 0.3) is 0 Å². The molecule has 0 saturated heterocycles. The highest BCUT2D eigenvalue weighted by Crippen LogP contribution is 2.28. The van der Waals surface area contributed by atoms with E-state index in [1.807, 2.05) is 29.5 Å². The van der Waals surface area contributed by atoms with E-state index in [9.17, 15) is 0 Å². The second-order valence-corrected chi connectivity index (χ2v) is 6.33. The fraction of sp³-hybridized carbons (Fsp3) is 0.412. The van der Waals surface area contributed by atoms with Crippen LogP contribution in [0.4, 0.5) is 5.69 Å². The summed E-state index contributed by atoms with van der Waals surface area (Å²) in [6.07, 6.45) is 1.18. The van der Waals surface area contributed by atoms with Crippen LogP contribution in [0.2, 0.25) is 0 Å². The molecule has 0 aliphatic heterocycles. The van der Waals surface area contributed by atoms with Gasteiger partial charge in [-0.15, -0.1) is 11.3 Å². The number of nitrogens with zero attached hydrogens (tertiary/aromatic N) is 1. The van der Waals surface area contributed by atoms with Crippen LogP contribution in [0, 0.1) is 0 Å². The summed E-state index contributed by atoms with van der Waals surface area (Å²) in [6.45, 7) is 5.14. The van der Waals surface area contributed by atoms with Crippen molar-refractivity contribution in [2.45, 2.75) is 26.4 Å². The third-order valence-electron chi connectivity index (χ3n) is 3.33. The average Bonchev–Trinajstić information content (AvgIpc) is 2.95. The van der Waals surface area contributed by atoms with E-state index < -0.39 is 0 Å². The third kappa shape index (κ3) is 4.48. The Kier molecular flexibility index (Phi) is 6.08. The summed E-state index contributed by atoms with van der Waals surface area (Å²) in [5.41, 5.74) is 1.12. The molecular formula is C17H24N2OS. The number of benzene rings is 1. The van der Waals surface area contributed by atoms with Gasteiger partial charge >= 0.3 is 0 Å². The van der Waals surface area contributed by atoms with Crippen molar-refractivity contribution in [2.24, 2.45) is 0 Å². The summed E-state index contributed by atoms with van der Waals surface area (Å²) < 4.78 is 5.43. The number of rotatable bonds is 8. The second-order valence-electron chi connectivity index (χ2n) is 5.07. The minimum absolute atomic E-state index is 0.902. The van der Waals surface area contributed by atoms with E-state index in [0.717, 1.165) is 31.1 Å². The highest BCUT2D eigenvalue weighted by molar-refractivity contribution is 7.12. The van der Waals surface area contributed by atoms with Crippen molar-refractivity contribution in [3.8, 4) is 5.75 Å². The minimum atomic E-state index is 0.902. The molecule has 1 N–H and O–H groups in total. The Labute approximate surface area is 131 Å². The zero-order chi connectivity index (χ0) is 15.1. The molecule has 0 amide bonds. The van der Waals surface area contributed by atoms with E-state index in [1.165, 1.54) is 16.2 Å². The van der Waals surface area contributed by atoms with Crippen molar-refractivity contribution >= 4 is 17.0 Å². The van der Waals surface area contributed by atoms with E-state index in [-0.39, 0.29) is 0 Å². The molecular weight excluding hydrogens is 280 g/mol. The molecule has 1 aromatic heterocycles. The zero-order valence-electron chi connectivity index (χ0n) is 13.1. The molecule has 0 saturated carbocycles. The molecule has 0 aliphatic rings. The van der Waals surface area contributed by atoms with Crippen molar-refractivity contribution in [1.82, 2.24) is 5.32 Å². The Balaban J connectivity index is 1.97. The predicted molar refractivity (Wildman–Crippen MR) is 91.4 cm³/mol. The normalized spacial score (nSPS) is 10.6. The van der Waals surface area contributed by atoms with Gasteiger partial charge in [0.1, 0.15) is 5.75 Å². The van der Waals surface area contributed by atoms with Crippen molar-refractivity contribution in [2.75, 3.05) is 25.6 Å². The summed E-state index contributed by atoms with van der Waals surface area (Å²) >= 11 is 1.87. The topological polar surface area (TPSA) is 24.5 Å². The molecule has 0 fully saturated rings. The van der Waals surface area contributed by atoms with Gasteiger partial charge in [0.05, 0.1) is 19.3 Å². The molecule has 2 aromatic rings. The van der Waals surface area contributed by atoms with Gasteiger partial charge in [0.2, 0.25) is 0 Å². The first-order valence-corrected chi connectivity index (χ1v) is 8.18. The SMILES string of the molecule is CCCNCc1ccc(CN(C)c2ccccc2OC)s1. The molecule has 0 atom stereocenters. The van der Waals surface area contributed by atoms with Crippen LogP contribution in [0.15, 0.2) is 36.4 Å². The fourth-order valence-electron chi connectivity index (χ4n) is 2.25. The number of nitrogens with one attached hydrogen (secondary N) is 1. The molecule has 1 aromatic carbocycles. The molecule has 0 radical (unpaired) electrons. The molecule has 0 bridgehead atoms. The monoisotopic (exact) mass is 304 g/mol. The van der Waals surface area contributed by atoms with Crippen LogP contribution in [0.3, 0.4) is 0 Å². The van der Waals surface area contributed by atoms with Gasteiger partial charge in [-0.1, -0.05) is 19.1 Å². The van der Waals surface area contributed by atoms with Crippen LogP contribution < -0.4 is 15.0 Å². The Morgan fingerprint density at radius 3 is 2.67 bits per heavy atom. The Morgan fingerprint density at radius 2 is 1.90 bits per heavy atom. The average molecular weight is 304 g/mol. The first-order valence-electron chi connectivity index (χ1n) is 7.37. The molecule has 0 spiro atoms. The number of hydrogen-bond donors (Lipinski definition) is 1. The standard InChI is InChI=1S/C17H24N2OS/c1-4-11-18-12-14-9-10-15(21-14)13-19(2)16-7-5-6-8-17(16)20-3/h5-10,18H,4,11-13H2,1-3H3. The first kappa shape index (κ1) is 15.9. The number of thiophene rings is 1. The minimum Gasteiger partial charge on any atom is -0.495 e. The van der Waals surface area contributed by atoms with Gasteiger partial charge in [0.15, 0.2) is 0 Å². The van der Waals surface area contributed by atoms with E-state index in [4.69, 9.17) is 4.74 Å². The van der Waals surface area contributed by atoms with Gasteiger partial charge in [-0.2, -0.15) is 0 Å². The van der Waals surface area contributed by atoms with Gasteiger partial charge < -0.3 is 15.0 Å². The Bertz CT molecular complexity index is 553. The Hall–Kier alpha value is -1.52. The lowest BCUT2D eigenvalue weighted by atomic mass is 10.2. The molecule has 3 nitrogen and oxygen atoms in total. The van der Waals surface area contributed by atoms with Crippen LogP contribution in [0.1, 0.15) is 23.1 Å². The maximum absolute atomic E-state index is 5.43. The lowest BCUT2D eigenvalue weighted by Crippen LogP contribution is -2.16. The highest BCUT2D eigenvalue weighted by atomic mass is 32.1. The maximum atomic E-state index is 5.43. The quantitative estimate of drug-likeness (QED) is 0.749. The van der Waals surface area contributed by atoms with Gasteiger partial charge in [-0.3, -0.25) is 0 Å². The summed E-state index contributed by atoms with van der Waals surface area (Å²) in [4.78, 5) is 5.00. The zero-order valence-corrected chi connectivity index (χ0v) is 13.9. The van der Waals surface area contributed by atoms with E-state index in [2.05, 4.69) is 42.4 Å². The van der Waals surface area contributed by atoms with Crippen molar-refractivity contribution in [3.63, 3.8) is 0 Å². The lowest BCUT2D eigenvalue weighted by molar-refractivity contribution is 0.415. The number of para-hydroxylation sites is 2. The number of ether oxygens (including phenoxy) is 1. The van der Waals surface area contributed by atoms with Crippen LogP contribution in [-0.4, -0.2) is 20.7 Å². The van der Waals surface area contributed by atoms with Gasteiger partial charge in [-0.05, 0) is 37.2 Å². The largest absolute Gasteiger partial charge is 0.495 e. The second kappa shape index (κ2) is 8.05. The summed E-state index contributed by atoms with van der Waals surface area (Å²) in [6, 6.07) is 12.6. The molecule has 2 rings (SSSR count). The third-order valence-corrected chi connectivity index (χ3v) is 4.40. The van der Waals surface area contributed by atoms with Crippen molar-refractivity contribution < 1.29 is 4.74 Å². The summed E-state index contributed by atoms with van der Waals surface area (Å²) in [7, 11) is 3.82. The molecule has 114 valence electrons. The molecule has 21 heavy (non-hydrogen) atoms. The summed E-state index contributed by atoms with van der Waals surface area (Å²) in [5.74, 6) is 0.918. The van der Waals surface area contributed by atoms with Crippen LogP contribution >= 0.6 is 11.3 Å². The smallest absolute Gasteiger partial charge is 0.142 e. The van der Waals surface area contributed by atoms with E-state index >= 15 is 0 Å². The van der Waals surface area contributed by atoms with Crippen molar-refractivity contribution in [1.29, 1.82) is 0 Å². The van der Waals surface area contributed by atoms with Crippen LogP contribution in [0.5, 0.6) is 5.75 Å².